The number of amides is 1. The molecule has 1 N–H and O–H groups in total. The number of rotatable bonds is 4. The van der Waals surface area contributed by atoms with E-state index in [2.05, 4.69) is 10.3 Å². The van der Waals surface area contributed by atoms with E-state index in [0.29, 0.717) is 11.4 Å². The standard InChI is InChI=1S/C12H17ClN2O/c1-9-6-10(8-14-7-9)11(16)15-12(2,3)4-5-13/h6-8H,4-5H2,1-3H3,(H,15,16). The zero-order chi connectivity index (χ0) is 12.2. The minimum absolute atomic E-state index is 0.105. The van der Waals surface area contributed by atoms with Gasteiger partial charge in [0.25, 0.3) is 5.91 Å². The molecule has 88 valence electrons. The van der Waals surface area contributed by atoms with Gasteiger partial charge in [0.05, 0.1) is 5.56 Å². The molecular weight excluding hydrogens is 224 g/mol. The van der Waals surface area contributed by atoms with Crippen LogP contribution in [-0.4, -0.2) is 22.3 Å². The van der Waals surface area contributed by atoms with Crippen molar-refractivity contribution in [1.82, 2.24) is 10.3 Å². The van der Waals surface area contributed by atoms with Gasteiger partial charge in [-0.05, 0) is 38.8 Å². The Morgan fingerprint density at radius 3 is 2.75 bits per heavy atom. The van der Waals surface area contributed by atoms with Crippen molar-refractivity contribution >= 4 is 17.5 Å². The minimum atomic E-state index is -0.289. The van der Waals surface area contributed by atoms with E-state index in [4.69, 9.17) is 11.6 Å². The van der Waals surface area contributed by atoms with Crippen LogP contribution in [0.3, 0.4) is 0 Å². The molecule has 0 aliphatic heterocycles. The Balaban J connectivity index is 2.72. The number of nitrogens with zero attached hydrogens (tertiary/aromatic N) is 1. The number of hydrogen-bond donors (Lipinski definition) is 1. The normalized spacial score (nSPS) is 11.2. The summed E-state index contributed by atoms with van der Waals surface area (Å²) in [4.78, 5) is 15.9. The van der Waals surface area contributed by atoms with Crippen LogP contribution in [0.15, 0.2) is 18.5 Å². The van der Waals surface area contributed by atoms with E-state index >= 15 is 0 Å². The molecule has 1 aromatic rings. The van der Waals surface area contributed by atoms with Gasteiger partial charge in [0, 0.05) is 23.8 Å². The van der Waals surface area contributed by atoms with Crippen molar-refractivity contribution in [1.29, 1.82) is 0 Å². The maximum Gasteiger partial charge on any atom is 0.253 e. The molecule has 1 heterocycles. The van der Waals surface area contributed by atoms with Crippen molar-refractivity contribution in [3.63, 3.8) is 0 Å². The van der Waals surface area contributed by atoms with Crippen LogP contribution >= 0.6 is 11.6 Å². The number of aryl methyl sites for hydroxylation is 1. The average molecular weight is 241 g/mol. The molecular formula is C12H17ClN2O. The van der Waals surface area contributed by atoms with Crippen LogP contribution in [0.25, 0.3) is 0 Å². The van der Waals surface area contributed by atoms with Gasteiger partial charge in [-0.25, -0.2) is 0 Å². The highest BCUT2D eigenvalue weighted by molar-refractivity contribution is 6.17. The van der Waals surface area contributed by atoms with Gasteiger partial charge < -0.3 is 5.32 Å². The molecule has 1 aromatic heterocycles. The van der Waals surface area contributed by atoms with Crippen molar-refractivity contribution in [2.24, 2.45) is 0 Å². The first-order chi connectivity index (χ1) is 7.44. The number of hydrogen-bond acceptors (Lipinski definition) is 2. The van der Waals surface area contributed by atoms with Gasteiger partial charge in [0.15, 0.2) is 0 Å². The van der Waals surface area contributed by atoms with E-state index in [-0.39, 0.29) is 11.4 Å². The maximum absolute atomic E-state index is 11.9. The molecule has 4 heteroatoms. The van der Waals surface area contributed by atoms with Crippen LogP contribution in [0.5, 0.6) is 0 Å². The Morgan fingerprint density at radius 1 is 1.50 bits per heavy atom. The van der Waals surface area contributed by atoms with Gasteiger partial charge in [-0.1, -0.05) is 0 Å². The lowest BCUT2D eigenvalue weighted by Gasteiger charge is -2.25. The summed E-state index contributed by atoms with van der Waals surface area (Å²) in [5, 5.41) is 2.94. The molecule has 0 saturated heterocycles. The van der Waals surface area contributed by atoms with Crippen molar-refractivity contribution in [2.45, 2.75) is 32.7 Å². The highest BCUT2D eigenvalue weighted by Crippen LogP contribution is 2.11. The predicted octanol–water partition coefficient (Wildman–Crippen LogP) is 2.53. The van der Waals surface area contributed by atoms with Crippen LogP contribution in [0.1, 0.15) is 36.2 Å². The Hall–Kier alpha value is -1.09. The average Bonchev–Trinajstić information content (AvgIpc) is 2.16. The molecule has 0 aliphatic carbocycles. The first-order valence-corrected chi connectivity index (χ1v) is 5.78. The molecule has 1 amide bonds. The van der Waals surface area contributed by atoms with Gasteiger partial charge in [0.1, 0.15) is 0 Å². The minimum Gasteiger partial charge on any atom is -0.347 e. The number of carbonyl (C=O) groups is 1. The molecule has 0 fully saturated rings. The molecule has 0 saturated carbocycles. The molecule has 0 bridgehead atoms. The number of halogens is 1. The van der Waals surface area contributed by atoms with Crippen LogP contribution in [0, 0.1) is 6.92 Å². The summed E-state index contributed by atoms with van der Waals surface area (Å²) < 4.78 is 0. The fourth-order valence-electron chi connectivity index (χ4n) is 1.36. The third-order valence-electron chi connectivity index (χ3n) is 2.31. The zero-order valence-electron chi connectivity index (χ0n) is 9.88. The number of alkyl halides is 1. The molecule has 0 spiro atoms. The second-order valence-corrected chi connectivity index (χ2v) is 4.91. The molecule has 0 unspecified atom stereocenters. The van der Waals surface area contributed by atoms with Crippen LogP contribution in [0.4, 0.5) is 0 Å². The van der Waals surface area contributed by atoms with Gasteiger partial charge in [-0.15, -0.1) is 11.6 Å². The zero-order valence-corrected chi connectivity index (χ0v) is 10.6. The summed E-state index contributed by atoms with van der Waals surface area (Å²) in [7, 11) is 0. The molecule has 0 radical (unpaired) electrons. The highest BCUT2D eigenvalue weighted by atomic mass is 35.5. The monoisotopic (exact) mass is 240 g/mol. The summed E-state index contributed by atoms with van der Waals surface area (Å²) in [5.41, 5.74) is 1.27. The van der Waals surface area contributed by atoms with Crippen molar-refractivity contribution in [2.75, 3.05) is 5.88 Å². The highest BCUT2D eigenvalue weighted by Gasteiger charge is 2.20. The first-order valence-electron chi connectivity index (χ1n) is 5.25. The van der Waals surface area contributed by atoms with Crippen LogP contribution in [0.2, 0.25) is 0 Å². The lowest BCUT2D eigenvalue weighted by Crippen LogP contribution is -2.43. The number of pyridine rings is 1. The van der Waals surface area contributed by atoms with Crippen molar-refractivity contribution in [3.8, 4) is 0 Å². The molecule has 0 aliphatic rings. The summed E-state index contributed by atoms with van der Waals surface area (Å²) >= 11 is 5.68. The van der Waals surface area contributed by atoms with E-state index < -0.39 is 0 Å². The van der Waals surface area contributed by atoms with E-state index in [9.17, 15) is 4.79 Å². The summed E-state index contributed by atoms with van der Waals surface area (Å²) in [6, 6.07) is 1.82. The number of nitrogens with one attached hydrogen (secondary N) is 1. The molecule has 0 aromatic carbocycles. The number of carbonyl (C=O) groups excluding carboxylic acids is 1. The summed E-state index contributed by atoms with van der Waals surface area (Å²) in [6.07, 6.45) is 4.03. The Kier molecular flexibility index (Phi) is 4.30. The van der Waals surface area contributed by atoms with Crippen molar-refractivity contribution in [3.05, 3.63) is 29.6 Å². The van der Waals surface area contributed by atoms with Gasteiger partial charge in [0.2, 0.25) is 0 Å². The molecule has 1 rings (SSSR count). The maximum atomic E-state index is 11.9. The van der Waals surface area contributed by atoms with Crippen LogP contribution in [-0.2, 0) is 0 Å². The number of aromatic nitrogens is 1. The predicted molar refractivity (Wildman–Crippen MR) is 65.9 cm³/mol. The topological polar surface area (TPSA) is 42.0 Å². The Morgan fingerprint density at radius 2 is 2.19 bits per heavy atom. The Labute approximate surface area is 101 Å². The lowest BCUT2D eigenvalue weighted by atomic mass is 10.0. The molecule has 3 nitrogen and oxygen atoms in total. The van der Waals surface area contributed by atoms with Crippen LogP contribution < -0.4 is 5.32 Å². The van der Waals surface area contributed by atoms with Gasteiger partial charge in [-0.3, -0.25) is 9.78 Å². The van der Waals surface area contributed by atoms with Gasteiger partial charge >= 0.3 is 0 Å². The third-order valence-corrected chi connectivity index (χ3v) is 2.50. The fraction of sp³-hybridized carbons (Fsp3) is 0.500. The van der Waals surface area contributed by atoms with Gasteiger partial charge in [-0.2, -0.15) is 0 Å². The molecule has 16 heavy (non-hydrogen) atoms. The summed E-state index contributed by atoms with van der Waals surface area (Å²) in [6.45, 7) is 5.82. The van der Waals surface area contributed by atoms with E-state index in [1.165, 1.54) is 0 Å². The first kappa shape index (κ1) is 13.0. The van der Waals surface area contributed by atoms with E-state index in [1.54, 1.807) is 12.4 Å². The second-order valence-electron chi connectivity index (χ2n) is 4.53. The fourth-order valence-corrected chi connectivity index (χ4v) is 1.83. The largest absolute Gasteiger partial charge is 0.347 e. The SMILES string of the molecule is Cc1cncc(C(=O)NC(C)(C)CCCl)c1. The van der Waals surface area contributed by atoms with E-state index in [0.717, 1.165) is 12.0 Å². The molecule has 0 atom stereocenters. The third kappa shape index (κ3) is 3.81. The Bertz CT molecular complexity index is 377. The summed E-state index contributed by atoms with van der Waals surface area (Å²) in [5.74, 6) is 0.422. The van der Waals surface area contributed by atoms with E-state index in [1.807, 2.05) is 26.8 Å². The lowest BCUT2D eigenvalue weighted by molar-refractivity contribution is 0.0911. The quantitative estimate of drug-likeness (QED) is 0.822. The van der Waals surface area contributed by atoms with Crippen molar-refractivity contribution < 1.29 is 4.79 Å². The second kappa shape index (κ2) is 5.30. The smallest absolute Gasteiger partial charge is 0.253 e.